The summed E-state index contributed by atoms with van der Waals surface area (Å²) in [6.45, 7) is 6.71. The zero-order chi connectivity index (χ0) is 14.2. The van der Waals surface area contributed by atoms with Crippen molar-refractivity contribution in [1.82, 2.24) is 15.1 Å². The lowest BCUT2D eigenvalue weighted by Gasteiger charge is -2.30. The van der Waals surface area contributed by atoms with Gasteiger partial charge in [0, 0.05) is 26.2 Å². The molecular weight excluding hydrogens is 298 g/mol. The van der Waals surface area contributed by atoms with Crippen molar-refractivity contribution in [3.8, 4) is 0 Å². The quantitative estimate of drug-likeness (QED) is 0.887. The Morgan fingerprint density at radius 2 is 1.82 bits per heavy atom. The molecule has 3 aliphatic rings. The number of benzene rings is 1. The smallest absolute Gasteiger partial charge is 0.237 e. The summed E-state index contributed by atoms with van der Waals surface area (Å²) in [5, 5.41) is 3.45. The van der Waals surface area contributed by atoms with Crippen LogP contribution in [0.25, 0.3) is 0 Å². The van der Waals surface area contributed by atoms with Gasteiger partial charge in [-0.05, 0) is 42.5 Å². The number of rotatable bonds is 2. The second kappa shape index (κ2) is 6.57. The minimum atomic E-state index is 0. The Kier molecular flexibility index (Phi) is 4.71. The molecule has 0 aliphatic carbocycles. The second-order valence-electron chi connectivity index (χ2n) is 6.71. The highest BCUT2D eigenvalue weighted by atomic mass is 35.5. The van der Waals surface area contributed by atoms with E-state index in [9.17, 15) is 4.79 Å². The van der Waals surface area contributed by atoms with Crippen LogP contribution in [0.3, 0.4) is 0 Å². The molecule has 2 atom stereocenters. The van der Waals surface area contributed by atoms with Crippen LogP contribution in [0.5, 0.6) is 0 Å². The van der Waals surface area contributed by atoms with Crippen LogP contribution < -0.4 is 5.32 Å². The predicted molar refractivity (Wildman–Crippen MR) is 89.1 cm³/mol. The molecule has 1 aromatic rings. The summed E-state index contributed by atoms with van der Waals surface area (Å²) in [5.74, 6) is 1.83. The first kappa shape index (κ1) is 15.8. The number of carbonyl (C=O) groups is 1. The molecule has 3 aliphatic heterocycles. The van der Waals surface area contributed by atoms with Crippen molar-refractivity contribution in [2.45, 2.75) is 13.0 Å². The van der Waals surface area contributed by atoms with Crippen LogP contribution in [0.15, 0.2) is 24.3 Å². The van der Waals surface area contributed by atoms with Crippen LogP contribution in [0.1, 0.15) is 11.1 Å². The Balaban J connectivity index is 0.00000144. The van der Waals surface area contributed by atoms with Gasteiger partial charge in [0.25, 0.3) is 0 Å². The van der Waals surface area contributed by atoms with Gasteiger partial charge < -0.3 is 10.2 Å². The summed E-state index contributed by atoms with van der Waals surface area (Å²) in [4.78, 5) is 16.9. The first-order chi connectivity index (χ1) is 10.3. The van der Waals surface area contributed by atoms with Crippen molar-refractivity contribution >= 4 is 18.3 Å². The van der Waals surface area contributed by atoms with Gasteiger partial charge in [-0.3, -0.25) is 9.69 Å². The van der Waals surface area contributed by atoms with E-state index in [-0.39, 0.29) is 12.4 Å². The molecule has 1 aromatic carbocycles. The van der Waals surface area contributed by atoms with E-state index >= 15 is 0 Å². The van der Waals surface area contributed by atoms with Crippen molar-refractivity contribution in [1.29, 1.82) is 0 Å². The van der Waals surface area contributed by atoms with Gasteiger partial charge in [-0.15, -0.1) is 12.4 Å². The molecule has 2 saturated heterocycles. The molecule has 0 radical (unpaired) electrons. The number of nitrogens with one attached hydrogen (secondary N) is 1. The molecule has 1 amide bonds. The average Bonchev–Trinajstić information content (AvgIpc) is 3.08. The Morgan fingerprint density at radius 1 is 1.14 bits per heavy atom. The maximum atomic E-state index is 12.6. The van der Waals surface area contributed by atoms with Crippen LogP contribution in [-0.4, -0.2) is 55.0 Å². The van der Waals surface area contributed by atoms with Crippen LogP contribution in [-0.2, 0) is 17.8 Å². The molecule has 1 N–H and O–H groups in total. The SMILES string of the molecule is Cl.O=C(CN1C[C@H]2CNC[C@H]2C1)N1CCc2ccccc2C1. The van der Waals surface area contributed by atoms with Crippen molar-refractivity contribution in [3.63, 3.8) is 0 Å². The lowest BCUT2D eigenvalue weighted by Crippen LogP contribution is -2.42. The summed E-state index contributed by atoms with van der Waals surface area (Å²) in [7, 11) is 0. The predicted octanol–water partition coefficient (Wildman–Crippen LogP) is 1.14. The van der Waals surface area contributed by atoms with E-state index in [1.54, 1.807) is 0 Å². The third kappa shape index (κ3) is 3.00. The molecule has 0 spiro atoms. The van der Waals surface area contributed by atoms with Gasteiger partial charge >= 0.3 is 0 Å². The first-order valence-corrected chi connectivity index (χ1v) is 8.07. The maximum absolute atomic E-state index is 12.6. The van der Waals surface area contributed by atoms with E-state index in [1.165, 1.54) is 11.1 Å². The molecule has 2 fully saturated rings. The topological polar surface area (TPSA) is 35.6 Å². The molecule has 0 bridgehead atoms. The maximum Gasteiger partial charge on any atom is 0.237 e. The minimum absolute atomic E-state index is 0. The number of hydrogen-bond acceptors (Lipinski definition) is 3. The van der Waals surface area contributed by atoms with Crippen molar-refractivity contribution in [2.75, 3.05) is 39.3 Å². The van der Waals surface area contributed by atoms with Crippen molar-refractivity contribution in [3.05, 3.63) is 35.4 Å². The number of hydrogen-bond donors (Lipinski definition) is 1. The Bertz CT molecular complexity index is 538. The van der Waals surface area contributed by atoms with E-state index in [1.807, 2.05) is 4.90 Å². The molecule has 0 saturated carbocycles. The third-order valence-corrected chi connectivity index (χ3v) is 5.31. The van der Waals surface area contributed by atoms with Crippen molar-refractivity contribution in [2.24, 2.45) is 11.8 Å². The van der Waals surface area contributed by atoms with Gasteiger partial charge in [0.05, 0.1) is 6.54 Å². The fourth-order valence-corrected chi connectivity index (χ4v) is 4.08. The van der Waals surface area contributed by atoms with Gasteiger partial charge in [-0.25, -0.2) is 0 Å². The summed E-state index contributed by atoms with van der Waals surface area (Å²) in [6, 6.07) is 8.50. The molecular formula is C17H24ClN3O. The fourth-order valence-electron chi connectivity index (χ4n) is 4.08. The summed E-state index contributed by atoms with van der Waals surface area (Å²) >= 11 is 0. The van der Waals surface area contributed by atoms with Gasteiger partial charge in [0.2, 0.25) is 5.91 Å². The van der Waals surface area contributed by atoms with Gasteiger partial charge in [-0.1, -0.05) is 24.3 Å². The molecule has 3 heterocycles. The fraction of sp³-hybridized carbons (Fsp3) is 0.588. The average molecular weight is 322 g/mol. The number of nitrogens with zero attached hydrogens (tertiary/aromatic N) is 2. The zero-order valence-electron chi connectivity index (χ0n) is 12.8. The number of fused-ring (bicyclic) bond motifs is 2. The van der Waals surface area contributed by atoms with E-state index in [0.717, 1.165) is 57.5 Å². The molecule has 0 aromatic heterocycles. The number of likely N-dealkylation sites (tertiary alicyclic amines) is 1. The van der Waals surface area contributed by atoms with Crippen molar-refractivity contribution < 1.29 is 4.79 Å². The monoisotopic (exact) mass is 321 g/mol. The normalized spacial score (nSPS) is 27.2. The van der Waals surface area contributed by atoms with E-state index in [4.69, 9.17) is 0 Å². The first-order valence-electron chi connectivity index (χ1n) is 8.07. The number of halogens is 1. The van der Waals surface area contributed by atoms with Gasteiger partial charge in [0.15, 0.2) is 0 Å². The Hall–Kier alpha value is -1.10. The zero-order valence-corrected chi connectivity index (χ0v) is 13.6. The standard InChI is InChI=1S/C17H23N3O.ClH/c21-17(12-19-9-15-7-18-8-16(15)10-19)20-6-5-13-3-1-2-4-14(13)11-20;/h1-4,15-16,18H,5-12H2;1H/t15-,16+;. The Labute approximate surface area is 138 Å². The van der Waals surface area contributed by atoms with Gasteiger partial charge in [0.1, 0.15) is 0 Å². The molecule has 5 heteroatoms. The molecule has 4 rings (SSSR count). The molecule has 120 valence electrons. The van der Waals surface area contributed by atoms with E-state index in [0.29, 0.717) is 12.5 Å². The second-order valence-corrected chi connectivity index (χ2v) is 6.71. The van der Waals surface area contributed by atoms with Crippen LogP contribution in [0, 0.1) is 11.8 Å². The van der Waals surface area contributed by atoms with E-state index < -0.39 is 0 Å². The summed E-state index contributed by atoms with van der Waals surface area (Å²) in [6.07, 6.45) is 0.997. The minimum Gasteiger partial charge on any atom is -0.337 e. The van der Waals surface area contributed by atoms with E-state index in [2.05, 4.69) is 34.5 Å². The van der Waals surface area contributed by atoms with Crippen LogP contribution >= 0.6 is 12.4 Å². The van der Waals surface area contributed by atoms with Gasteiger partial charge in [-0.2, -0.15) is 0 Å². The molecule has 4 nitrogen and oxygen atoms in total. The lowest BCUT2D eigenvalue weighted by molar-refractivity contribution is -0.133. The van der Waals surface area contributed by atoms with Crippen LogP contribution in [0.2, 0.25) is 0 Å². The molecule has 22 heavy (non-hydrogen) atoms. The third-order valence-electron chi connectivity index (χ3n) is 5.31. The Morgan fingerprint density at radius 3 is 2.55 bits per heavy atom. The highest BCUT2D eigenvalue weighted by Crippen LogP contribution is 2.26. The summed E-state index contributed by atoms with van der Waals surface area (Å²) < 4.78 is 0. The molecule has 0 unspecified atom stereocenters. The highest BCUT2D eigenvalue weighted by Gasteiger charge is 2.37. The largest absolute Gasteiger partial charge is 0.337 e. The number of amides is 1. The summed E-state index contributed by atoms with van der Waals surface area (Å²) in [5.41, 5.74) is 2.72. The lowest BCUT2D eigenvalue weighted by atomic mass is 10.00. The van der Waals surface area contributed by atoms with Crippen LogP contribution in [0.4, 0.5) is 0 Å². The number of carbonyl (C=O) groups excluding carboxylic acids is 1. The highest BCUT2D eigenvalue weighted by molar-refractivity contribution is 5.85.